The average Bonchev–Trinajstić information content (AvgIpc) is 3.51. The Morgan fingerprint density at radius 1 is 1.18 bits per heavy atom. The summed E-state index contributed by atoms with van der Waals surface area (Å²) in [7, 11) is -2.15. The van der Waals surface area contributed by atoms with Crippen LogP contribution in [-0.2, 0) is 21.2 Å². The van der Waals surface area contributed by atoms with Gasteiger partial charge in [-0.2, -0.15) is 0 Å². The van der Waals surface area contributed by atoms with Crippen LogP contribution in [0.2, 0.25) is 0 Å². The van der Waals surface area contributed by atoms with E-state index in [1.54, 1.807) is 25.3 Å². The molecule has 1 amide bonds. The van der Waals surface area contributed by atoms with Crippen molar-refractivity contribution in [2.24, 2.45) is 5.92 Å². The van der Waals surface area contributed by atoms with Crippen molar-refractivity contribution in [3.05, 3.63) is 47.5 Å². The summed E-state index contributed by atoms with van der Waals surface area (Å²) in [6.45, 7) is 2.54. The first-order valence-electron chi connectivity index (χ1n) is 9.51. The third-order valence-corrected chi connectivity index (χ3v) is 6.70. The van der Waals surface area contributed by atoms with E-state index in [1.165, 1.54) is 6.07 Å². The standard InChI is InChI=1S/C21H24N2O4S/c1-14-12-18(8-10-20(14)27-2)28(25,26)22-17-7-9-19-16(13-17)4-3-11-23(19)21(24)15-5-6-15/h7-10,12-13,15,22H,3-6,11H2,1-2H3. The van der Waals surface area contributed by atoms with Gasteiger partial charge in [0.2, 0.25) is 5.91 Å². The lowest BCUT2D eigenvalue weighted by molar-refractivity contribution is -0.119. The Bertz CT molecular complexity index is 1030. The number of nitrogens with one attached hydrogen (secondary N) is 1. The smallest absolute Gasteiger partial charge is 0.261 e. The fraction of sp³-hybridized carbons (Fsp3) is 0.381. The highest BCUT2D eigenvalue weighted by Gasteiger charge is 2.35. The van der Waals surface area contributed by atoms with E-state index in [1.807, 2.05) is 24.0 Å². The molecule has 7 heteroatoms. The molecule has 1 aliphatic carbocycles. The second kappa shape index (κ2) is 7.13. The van der Waals surface area contributed by atoms with E-state index >= 15 is 0 Å². The van der Waals surface area contributed by atoms with E-state index in [-0.39, 0.29) is 16.7 Å². The second-order valence-electron chi connectivity index (χ2n) is 7.45. The van der Waals surface area contributed by atoms with Crippen LogP contribution in [0.3, 0.4) is 0 Å². The van der Waals surface area contributed by atoms with Crippen molar-refractivity contribution < 1.29 is 17.9 Å². The average molecular weight is 401 g/mol. The minimum atomic E-state index is -3.71. The van der Waals surface area contributed by atoms with E-state index in [0.717, 1.165) is 49.0 Å². The first-order chi connectivity index (χ1) is 13.4. The number of methoxy groups -OCH3 is 1. The zero-order valence-corrected chi connectivity index (χ0v) is 16.9. The Balaban J connectivity index is 1.58. The SMILES string of the molecule is COc1ccc(S(=O)(=O)Nc2ccc3c(c2)CCCN3C(=O)C2CC2)cc1C. The van der Waals surface area contributed by atoms with Crippen LogP contribution in [0.1, 0.15) is 30.4 Å². The molecule has 2 aromatic carbocycles. The number of amides is 1. The van der Waals surface area contributed by atoms with E-state index < -0.39 is 10.0 Å². The summed E-state index contributed by atoms with van der Waals surface area (Å²) in [5.41, 5.74) is 3.18. The fourth-order valence-corrected chi connectivity index (χ4v) is 4.81. The Labute approximate surface area is 165 Å². The van der Waals surface area contributed by atoms with Gasteiger partial charge < -0.3 is 9.64 Å². The molecule has 0 radical (unpaired) electrons. The molecule has 0 aromatic heterocycles. The number of benzene rings is 2. The highest BCUT2D eigenvalue weighted by molar-refractivity contribution is 7.92. The van der Waals surface area contributed by atoms with Crippen LogP contribution in [-0.4, -0.2) is 28.0 Å². The summed E-state index contributed by atoms with van der Waals surface area (Å²) in [6, 6.07) is 10.2. The van der Waals surface area contributed by atoms with E-state index in [0.29, 0.717) is 11.4 Å². The number of hydrogen-bond acceptors (Lipinski definition) is 4. The van der Waals surface area contributed by atoms with Gasteiger partial charge in [-0.05, 0) is 80.1 Å². The van der Waals surface area contributed by atoms with Crippen LogP contribution in [0.5, 0.6) is 5.75 Å². The molecular weight excluding hydrogens is 376 g/mol. The van der Waals surface area contributed by atoms with Gasteiger partial charge in [-0.3, -0.25) is 9.52 Å². The Hall–Kier alpha value is -2.54. The minimum Gasteiger partial charge on any atom is -0.496 e. The highest BCUT2D eigenvalue weighted by atomic mass is 32.2. The molecule has 1 N–H and O–H groups in total. The maximum Gasteiger partial charge on any atom is 0.261 e. The van der Waals surface area contributed by atoms with Crippen LogP contribution >= 0.6 is 0 Å². The largest absolute Gasteiger partial charge is 0.496 e. The molecule has 148 valence electrons. The van der Waals surface area contributed by atoms with Gasteiger partial charge in [-0.25, -0.2) is 8.42 Å². The third kappa shape index (κ3) is 3.58. The monoisotopic (exact) mass is 400 g/mol. The number of nitrogens with zero attached hydrogens (tertiary/aromatic N) is 1. The molecule has 4 rings (SSSR count). The predicted octanol–water partition coefficient (Wildman–Crippen LogP) is 3.49. The van der Waals surface area contributed by atoms with E-state index in [4.69, 9.17) is 4.74 Å². The molecule has 1 aliphatic heterocycles. The Morgan fingerprint density at radius 3 is 2.64 bits per heavy atom. The van der Waals surface area contributed by atoms with Crippen LogP contribution in [0.4, 0.5) is 11.4 Å². The summed E-state index contributed by atoms with van der Waals surface area (Å²) in [4.78, 5) is 14.6. The van der Waals surface area contributed by atoms with Crippen molar-refractivity contribution >= 4 is 27.3 Å². The van der Waals surface area contributed by atoms with Gasteiger partial charge in [-0.1, -0.05) is 0 Å². The van der Waals surface area contributed by atoms with Crippen molar-refractivity contribution in [2.75, 3.05) is 23.3 Å². The molecule has 2 aliphatic rings. The van der Waals surface area contributed by atoms with Gasteiger partial charge in [-0.15, -0.1) is 0 Å². The normalized spacial score (nSPS) is 16.4. The molecule has 0 saturated heterocycles. The summed E-state index contributed by atoms with van der Waals surface area (Å²) in [5, 5.41) is 0. The van der Waals surface area contributed by atoms with Crippen molar-refractivity contribution in [3.63, 3.8) is 0 Å². The zero-order chi connectivity index (χ0) is 19.9. The molecule has 0 atom stereocenters. The fourth-order valence-electron chi connectivity index (χ4n) is 3.67. The first-order valence-corrected chi connectivity index (χ1v) is 11.0. The Morgan fingerprint density at radius 2 is 1.96 bits per heavy atom. The van der Waals surface area contributed by atoms with E-state index in [2.05, 4.69) is 4.72 Å². The summed E-state index contributed by atoms with van der Waals surface area (Å²) in [6.07, 6.45) is 3.67. The van der Waals surface area contributed by atoms with Crippen molar-refractivity contribution in [1.82, 2.24) is 0 Å². The number of ether oxygens (including phenoxy) is 1. The zero-order valence-electron chi connectivity index (χ0n) is 16.1. The molecule has 1 fully saturated rings. The van der Waals surface area contributed by atoms with Crippen molar-refractivity contribution in [1.29, 1.82) is 0 Å². The number of rotatable bonds is 5. The summed E-state index contributed by atoms with van der Waals surface area (Å²) in [5.74, 6) is 1.01. The van der Waals surface area contributed by atoms with Crippen molar-refractivity contribution in [2.45, 2.75) is 37.5 Å². The number of aryl methyl sites for hydroxylation is 2. The van der Waals surface area contributed by atoms with Gasteiger partial charge in [0.05, 0.1) is 12.0 Å². The van der Waals surface area contributed by atoms with E-state index in [9.17, 15) is 13.2 Å². The first kappa shape index (κ1) is 18.8. The molecule has 1 saturated carbocycles. The summed E-state index contributed by atoms with van der Waals surface area (Å²) >= 11 is 0. The number of sulfonamides is 1. The third-order valence-electron chi connectivity index (χ3n) is 5.32. The van der Waals surface area contributed by atoms with Crippen LogP contribution < -0.4 is 14.4 Å². The predicted molar refractivity (Wildman–Crippen MR) is 108 cm³/mol. The van der Waals surface area contributed by atoms with Gasteiger partial charge in [0.1, 0.15) is 5.75 Å². The molecule has 0 bridgehead atoms. The maximum absolute atomic E-state index is 12.8. The molecule has 6 nitrogen and oxygen atoms in total. The van der Waals surface area contributed by atoms with Gasteiger partial charge in [0.15, 0.2) is 0 Å². The van der Waals surface area contributed by atoms with Gasteiger partial charge in [0.25, 0.3) is 10.0 Å². The molecule has 1 heterocycles. The van der Waals surface area contributed by atoms with Crippen LogP contribution in [0, 0.1) is 12.8 Å². The van der Waals surface area contributed by atoms with Gasteiger partial charge in [0, 0.05) is 23.8 Å². The van der Waals surface area contributed by atoms with Crippen LogP contribution in [0.25, 0.3) is 0 Å². The molecule has 0 unspecified atom stereocenters. The number of fused-ring (bicyclic) bond motifs is 1. The molecule has 2 aromatic rings. The van der Waals surface area contributed by atoms with Crippen LogP contribution in [0.15, 0.2) is 41.3 Å². The van der Waals surface area contributed by atoms with Crippen molar-refractivity contribution in [3.8, 4) is 5.75 Å². The lowest BCUT2D eigenvalue weighted by Crippen LogP contribution is -2.36. The maximum atomic E-state index is 12.8. The summed E-state index contributed by atoms with van der Waals surface area (Å²) < 4.78 is 33.4. The molecular formula is C21H24N2O4S. The number of carbonyl (C=O) groups excluding carboxylic acids is 1. The molecule has 0 spiro atoms. The number of hydrogen-bond donors (Lipinski definition) is 1. The van der Waals surface area contributed by atoms with Gasteiger partial charge >= 0.3 is 0 Å². The topological polar surface area (TPSA) is 75.7 Å². The quantitative estimate of drug-likeness (QED) is 0.834. The lowest BCUT2D eigenvalue weighted by atomic mass is 10.0. The number of anilines is 2. The second-order valence-corrected chi connectivity index (χ2v) is 9.13. The molecule has 28 heavy (non-hydrogen) atoms. The lowest BCUT2D eigenvalue weighted by Gasteiger charge is -2.30. The highest BCUT2D eigenvalue weighted by Crippen LogP contribution is 2.37. The number of carbonyl (C=O) groups is 1. The minimum absolute atomic E-state index is 0.169. The Kier molecular flexibility index (Phi) is 4.79.